The number of pyridine rings is 1. The van der Waals surface area contributed by atoms with Crippen LogP contribution in [0.1, 0.15) is 23.6 Å². The molecule has 4 nitrogen and oxygen atoms in total. The van der Waals surface area contributed by atoms with Gasteiger partial charge in [0.15, 0.2) is 0 Å². The molecule has 126 valence electrons. The number of fused-ring (bicyclic) bond motifs is 1. The number of amidine groups is 1. The van der Waals surface area contributed by atoms with Gasteiger partial charge in [0.25, 0.3) is 0 Å². The maximum atomic E-state index is 5.41. The van der Waals surface area contributed by atoms with Crippen molar-refractivity contribution in [2.24, 2.45) is 4.99 Å². The van der Waals surface area contributed by atoms with E-state index in [0.717, 1.165) is 47.7 Å². The molecule has 0 radical (unpaired) electrons. The molecule has 0 amide bonds. The van der Waals surface area contributed by atoms with E-state index in [4.69, 9.17) is 9.72 Å². The van der Waals surface area contributed by atoms with E-state index < -0.39 is 0 Å². The largest absolute Gasteiger partial charge is 0.497 e. The van der Waals surface area contributed by atoms with Gasteiger partial charge in [-0.2, -0.15) is 0 Å². The van der Waals surface area contributed by atoms with Gasteiger partial charge in [0, 0.05) is 30.0 Å². The number of aromatic nitrogens is 1. The molecule has 0 bridgehead atoms. The van der Waals surface area contributed by atoms with Gasteiger partial charge in [0.1, 0.15) is 5.75 Å². The van der Waals surface area contributed by atoms with Gasteiger partial charge in [-0.3, -0.25) is 9.98 Å². The number of nitrogens with zero attached hydrogens (tertiary/aromatic N) is 2. The number of aliphatic imine (C=N–C) groups is 1. The second kappa shape index (κ2) is 6.93. The first kappa shape index (κ1) is 15.6. The molecule has 1 aliphatic heterocycles. The minimum absolute atomic E-state index is 0.143. The van der Waals surface area contributed by atoms with Gasteiger partial charge in [-0.15, -0.1) is 0 Å². The van der Waals surface area contributed by atoms with Crippen molar-refractivity contribution >= 4 is 16.7 Å². The number of ether oxygens (including phenoxy) is 1. The Kier molecular flexibility index (Phi) is 4.34. The van der Waals surface area contributed by atoms with Crippen LogP contribution in [0.2, 0.25) is 0 Å². The number of methoxy groups -OCH3 is 1. The van der Waals surface area contributed by atoms with E-state index in [0.29, 0.717) is 0 Å². The van der Waals surface area contributed by atoms with Crippen LogP contribution < -0.4 is 10.1 Å². The third-order valence-corrected chi connectivity index (χ3v) is 4.61. The second-order valence-electron chi connectivity index (χ2n) is 6.22. The van der Waals surface area contributed by atoms with Crippen molar-refractivity contribution in [3.63, 3.8) is 0 Å². The molecule has 25 heavy (non-hydrogen) atoms. The third-order valence-electron chi connectivity index (χ3n) is 4.61. The smallest absolute Gasteiger partial charge is 0.119 e. The standard InChI is InChI=1S/C21H21N3O/c1-25-17-7-4-6-16(13-17)18(14-21-22-11-12-23-21)20-10-9-15-5-2-3-8-19(15)24-20/h2-10,13,18H,11-12,14H2,1H3,(H,22,23). The maximum absolute atomic E-state index is 5.41. The molecule has 3 aromatic rings. The molecule has 0 aliphatic carbocycles. The quantitative estimate of drug-likeness (QED) is 0.774. The summed E-state index contributed by atoms with van der Waals surface area (Å²) in [4.78, 5) is 9.50. The Morgan fingerprint density at radius 3 is 2.84 bits per heavy atom. The number of benzene rings is 2. The Hall–Kier alpha value is -2.88. The third kappa shape index (κ3) is 3.33. The van der Waals surface area contributed by atoms with Crippen molar-refractivity contribution < 1.29 is 4.74 Å². The fourth-order valence-electron chi connectivity index (χ4n) is 3.30. The molecule has 1 unspecified atom stereocenters. The summed E-state index contributed by atoms with van der Waals surface area (Å²) in [5, 5.41) is 4.54. The first-order valence-electron chi connectivity index (χ1n) is 8.60. The van der Waals surface area contributed by atoms with Crippen LogP contribution >= 0.6 is 0 Å². The number of hydrogen-bond acceptors (Lipinski definition) is 4. The predicted molar refractivity (Wildman–Crippen MR) is 102 cm³/mol. The summed E-state index contributed by atoms with van der Waals surface area (Å²) in [5.74, 6) is 2.07. The lowest BCUT2D eigenvalue weighted by Gasteiger charge is -2.18. The van der Waals surface area contributed by atoms with E-state index in [1.165, 1.54) is 5.56 Å². The molecule has 4 rings (SSSR count). The van der Waals surface area contributed by atoms with Crippen molar-refractivity contribution in [3.05, 3.63) is 71.9 Å². The summed E-state index contributed by atoms with van der Waals surface area (Å²) in [6, 6.07) is 20.7. The minimum atomic E-state index is 0.143. The Bertz CT molecular complexity index is 920. The van der Waals surface area contributed by atoms with Gasteiger partial charge in [0.05, 0.1) is 25.0 Å². The highest BCUT2D eigenvalue weighted by atomic mass is 16.5. The van der Waals surface area contributed by atoms with Gasteiger partial charge < -0.3 is 10.1 Å². The number of hydrogen-bond donors (Lipinski definition) is 1. The van der Waals surface area contributed by atoms with Crippen LogP contribution in [0.15, 0.2) is 65.7 Å². The molecular formula is C21H21N3O. The number of rotatable bonds is 5. The van der Waals surface area contributed by atoms with Gasteiger partial charge >= 0.3 is 0 Å². The van der Waals surface area contributed by atoms with E-state index in [-0.39, 0.29) is 5.92 Å². The Balaban J connectivity index is 1.77. The van der Waals surface area contributed by atoms with Gasteiger partial charge in [-0.25, -0.2) is 0 Å². The number of nitrogens with one attached hydrogen (secondary N) is 1. The van der Waals surface area contributed by atoms with E-state index in [9.17, 15) is 0 Å². The summed E-state index contributed by atoms with van der Waals surface area (Å²) in [6.45, 7) is 1.77. The summed E-state index contributed by atoms with van der Waals surface area (Å²) >= 11 is 0. The average molecular weight is 331 g/mol. The molecule has 0 spiro atoms. The fraction of sp³-hybridized carbons (Fsp3) is 0.238. The summed E-state index contributed by atoms with van der Waals surface area (Å²) in [7, 11) is 1.70. The van der Waals surface area contributed by atoms with E-state index in [1.807, 2.05) is 24.3 Å². The summed E-state index contributed by atoms with van der Waals surface area (Å²) < 4.78 is 5.41. The minimum Gasteiger partial charge on any atom is -0.497 e. The normalized spacial score (nSPS) is 14.8. The van der Waals surface area contributed by atoms with Crippen LogP contribution in [0.5, 0.6) is 5.75 Å². The lowest BCUT2D eigenvalue weighted by molar-refractivity contribution is 0.414. The monoisotopic (exact) mass is 331 g/mol. The average Bonchev–Trinajstić information content (AvgIpc) is 3.19. The Morgan fingerprint density at radius 1 is 1.08 bits per heavy atom. The Labute approximate surface area is 147 Å². The molecule has 1 aromatic heterocycles. The van der Waals surface area contributed by atoms with Crippen molar-refractivity contribution in [2.75, 3.05) is 20.2 Å². The Morgan fingerprint density at radius 2 is 2.00 bits per heavy atom. The number of para-hydroxylation sites is 1. The molecule has 1 aliphatic rings. The van der Waals surface area contributed by atoms with Crippen molar-refractivity contribution in [3.8, 4) is 5.75 Å². The molecule has 2 heterocycles. The zero-order chi connectivity index (χ0) is 17.1. The zero-order valence-electron chi connectivity index (χ0n) is 14.3. The molecular weight excluding hydrogens is 310 g/mol. The van der Waals surface area contributed by atoms with E-state index in [1.54, 1.807) is 7.11 Å². The molecule has 1 N–H and O–H groups in total. The lowest BCUT2D eigenvalue weighted by Crippen LogP contribution is -2.21. The highest BCUT2D eigenvalue weighted by Gasteiger charge is 2.20. The van der Waals surface area contributed by atoms with Crippen LogP contribution in [0.4, 0.5) is 0 Å². The van der Waals surface area contributed by atoms with Gasteiger partial charge in [-0.05, 0) is 29.8 Å². The topological polar surface area (TPSA) is 46.5 Å². The summed E-state index contributed by atoms with van der Waals surface area (Å²) in [6.07, 6.45) is 0.818. The maximum Gasteiger partial charge on any atom is 0.119 e. The molecule has 4 heteroatoms. The molecule has 0 saturated carbocycles. The first-order valence-corrected chi connectivity index (χ1v) is 8.60. The van der Waals surface area contributed by atoms with Gasteiger partial charge in [0.2, 0.25) is 0 Å². The highest BCUT2D eigenvalue weighted by molar-refractivity contribution is 5.85. The van der Waals surface area contributed by atoms with Crippen LogP contribution in [0, 0.1) is 0 Å². The van der Waals surface area contributed by atoms with Crippen molar-refractivity contribution in [1.82, 2.24) is 10.3 Å². The lowest BCUT2D eigenvalue weighted by atomic mass is 9.91. The molecule has 1 atom stereocenters. The van der Waals surface area contributed by atoms with Crippen LogP contribution in [-0.4, -0.2) is 31.0 Å². The van der Waals surface area contributed by atoms with Crippen LogP contribution in [0.25, 0.3) is 10.9 Å². The summed E-state index contributed by atoms with van der Waals surface area (Å²) in [5.41, 5.74) is 3.27. The van der Waals surface area contributed by atoms with E-state index in [2.05, 4.69) is 46.7 Å². The van der Waals surface area contributed by atoms with Crippen LogP contribution in [0.3, 0.4) is 0 Å². The first-order chi connectivity index (χ1) is 12.3. The molecule has 2 aromatic carbocycles. The van der Waals surface area contributed by atoms with E-state index >= 15 is 0 Å². The second-order valence-corrected chi connectivity index (χ2v) is 6.22. The molecule has 0 saturated heterocycles. The fourth-order valence-corrected chi connectivity index (χ4v) is 3.30. The van der Waals surface area contributed by atoms with Crippen molar-refractivity contribution in [1.29, 1.82) is 0 Å². The van der Waals surface area contributed by atoms with Crippen molar-refractivity contribution in [2.45, 2.75) is 12.3 Å². The van der Waals surface area contributed by atoms with Crippen LogP contribution in [-0.2, 0) is 0 Å². The molecule has 0 fully saturated rings. The zero-order valence-corrected chi connectivity index (χ0v) is 14.3. The highest BCUT2D eigenvalue weighted by Crippen LogP contribution is 2.30. The predicted octanol–water partition coefficient (Wildman–Crippen LogP) is 3.77. The SMILES string of the molecule is COc1cccc(C(CC2=NCCN2)c2ccc3ccccc3n2)c1. The van der Waals surface area contributed by atoms with Gasteiger partial charge in [-0.1, -0.05) is 36.4 Å².